The third kappa shape index (κ3) is 3.07. The van der Waals surface area contributed by atoms with Crippen molar-refractivity contribution >= 4 is 18.1 Å². The molecule has 2 aliphatic heterocycles. The number of carbonyl (C=O) groups is 1. The molecule has 142 valence electrons. The van der Waals surface area contributed by atoms with E-state index < -0.39 is 37.4 Å². The second-order valence-electron chi connectivity index (χ2n) is 6.23. The molecule has 1 aromatic heterocycles. The molecule has 9 nitrogen and oxygen atoms in total. The van der Waals surface area contributed by atoms with Crippen molar-refractivity contribution in [3.8, 4) is 0 Å². The Balaban J connectivity index is 1.57. The summed E-state index contributed by atoms with van der Waals surface area (Å²) in [5.41, 5.74) is 0.864. The van der Waals surface area contributed by atoms with Crippen molar-refractivity contribution in [3.63, 3.8) is 0 Å². The van der Waals surface area contributed by atoms with E-state index in [4.69, 9.17) is 4.74 Å². The van der Waals surface area contributed by atoms with Crippen LogP contribution >= 0.6 is 0 Å². The molecule has 1 fully saturated rings. The molecule has 1 aromatic carbocycles. The Morgan fingerprint density at radius 1 is 1.37 bits per heavy atom. The van der Waals surface area contributed by atoms with Gasteiger partial charge in [0.2, 0.25) is 0 Å². The molecule has 5 atom stereocenters. The average Bonchev–Trinajstić information content (AvgIpc) is 3.25. The summed E-state index contributed by atoms with van der Waals surface area (Å²) in [6.07, 6.45) is -3.39. The Bertz CT molecular complexity index is 858. The fraction of sp³-hybridized carbons (Fsp3) is 0.353. The van der Waals surface area contributed by atoms with Gasteiger partial charge in [0.15, 0.2) is 18.6 Å². The molecule has 0 spiro atoms. The highest BCUT2D eigenvalue weighted by atomic mass is 19.1. The molecule has 4 N–H and O–H groups in total. The Hall–Kier alpha value is -2.82. The standard InChI is InChI=1S/C17H18FN5O4/c18-11-13(25)10(6-24)27-17(11)23-8-21-12-14(19-7-20-15(12)23)22-16(26)9-4-2-1-3-5-9/h1-5,7-8,10-11,13-14,17,24-25H,6H2,(H,19,20)(H,22,26)/t10-,11-,13-,14?,17-/m1/s1. The van der Waals surface area contributed by atoms with Crippen LogP contribution in [0.3, 0.4) is 0 Å². The van der Waals surface area contributed by atoms with E-state index >= 15 is 0 Å². The van der Waals surface area contributed by atoms with Crippen molar-refractivity contribution in [3.05, 3.63) is 47.9 Å². The summed E-state index contributed by atoms with van der Waals surface area (Å²) in [6, 6.07) is 8.67. The fourth-order valence-corrected chi connectivity index (χ4v) is 3.14. The lowest BCUT2D eigenvalue weighted by molar-refractivity contribution is -0.0465. The quantitative estimate of drug-likeness (QED) is 0.612. The molecule has 0 bridgehead atoms. The van der Waals surface area contributed by atoms with Crippen LogP contribution in [0.25, 0.3) is 0 Å². The number of aliphatic hydroxyl groups is 2. The molecule has 2 aliphatic rings. The highest BCUT2D eigenvalue weighted by Crippen LogP contribution is 2.36. The van der Waals surface area contributed by atoms with E-state index in [1.807, 2.05) is 6.07 Å². The molecule has 3 heterocycles. The second kappa shape index (κ2) is 7.06. The van der Waals surface area contributed by atoms with Crippen LogP contribution in [-0.4, -0.2) is 57.0 Å². The summed E-state index contributed by atoms with van der Waals surface area (Å²) in [6.45, 7) is -0.500. The van der Waals surface area contributed by atoms with Crippen molar-refractivity contribution in [2.75, 3.05) is 11.9 Å². The topological polar surface area (TPSA) is 121 Å². The SMILES string of the molecule is O=C(NC1N=CNc2c1ncn2[C@@H]1O[C@H](CO)[C@@H](O)[C@H]1F)c1ccccc1. The number of amides is 1. The zero-order valence-corrected chi connectivity index (χ0v) is 14.1. The molecule has 0 saturated carbocycles. The van der Waals surface area contributed by atoms with Crippen molar-refractivity contribution in [2.24, 2.45) is 4.99 Å². The van der Waals surface area contributed by atoms with Crippen LogP contribution in [0.5, 0.6) is 0 Å². The minimum absolute atomic E-state index is 0.323. The van der Waals surface area contributed by atoms with Crippen LogP contribution < -0.4 is 10.6 Å². The predicted molar refractivity (Wildman–Crippen MR) is 92.9 cm³/mol. The second-order valence-corrected chi connectivity index (χ2v) is 6.23. The van der Waals surface area contributed by atoms with Gasteiger partial charge in [0.05, 0.1) is 19.3 Å². The van der Waals surface area contributed by atoms with E-state index in [0.717, 1.165) is 0 Å². The highest BCUT2D eigenvalue weighted by molar-refractivity contribution is 5.94. The molecule has 2 aromatic rings. The van der Waals surface area contributed by atoms with Crippen molar-refractivity contribution < 1.29 is 24.1 Å². The maximum Gasteiger partial charge on any atom is 0.253 e. The Morgan fingerprint density at radius 3 is 2.85 bits per heavy atom. The molecule has 4 rings (SSSR count). The number of aliphatic imine (C=N–C) groups is 1. The molecular formula is C17H18FN5O4. The minimum Gasteiger partial charge on any atom is -0.394 e. The number of nitrogens with one attached hydrogen (secondary N) is 2. The van der Waals surface area contributed by atoms with Gasteiger partial charge in [0, 0.05) is 5.56 Å². The van der Waals surface area contributed by atoms with Gasteiger partial charge < -0.3 is 25.6 Å². The number of alkyl halides is 1. The van der Waals surface area contributed by atoms with E-state index in [1.54, 1.807) is 24.3 Å². The number of aromatic nitrogens is 2. The lowest BCUT2D eigenvalue weighted by atomic mass is 10.1. The Labute approximate surface area is 153 Å². The van der Waals surface area contributed by atoms with Gasteiger partial charge >= 0.3 is 0 Å². The summed E-state index contributed by atoms with van der Waals surface area (Å²) >= 11 is 0. The number of aliphatic hydroxyl groups excluding tert-OH is 2. The number of fused-ring (bicyclic) bond motifs is 1. The molecule has 0 radical (unpaired) electrons. The first-order valence-electron chi connectivity index (χ1n) is 8.39. The van der Waals surface area contributed by atoms with Gasteiger partial charge in [0.1, 0.15) is 23.7 Å². The van der Waals surface area contributed by atoms with Crippen LogP contribution in [0, 0.1) is 0 Å². The average molecular weight is 375 g/mol. The van der Waals surface area contributed by atoms with Gasteiger partial charge in [-0.15, -0.1) is 0 Å². The first kappa shape index (κ1) is 17.6. The maximum absolute atomic E-state index is 14.4. The molecule has 1 saturated heterocycles. The lowest BCUT2D eigenvalue weighted by Crippen LogP contribution is -2.31. The minimum atomic E-state index is -1.74. The van der Waals surface area contributed by atoms with Gasteiger partial charge in [-0.1, -0.05) is 18.2 Å². The number of hydrogen-bond donors (Lipinski definition) is 4. The first-order chi connectivity index (χ1) is 13.1. The molecule has 0 aliphatic carbocycles. The number of hydrogen-bond acceptors (Lipinski definition) is 7. The third-order valence-electron chi connectivity index (χ3n) is 4.56. The van der Waals surface area contributed by atoms with Crippen LogP contribution in [0.1, 0.15) is 28.4 Å². The fourth-order valence-electron chi connectivity index (χ4n) is 3.14. The number of rotatable bonds is 4. The van der Waals surface area contributed by atoms with Crippen molar-refractivity contribution in [1.82, 2.24) is 14.9 Å². The highest BCUT2D eigenvalue weighted by Gasteiger charge is 2.46. The summed E-state index contributed by atoms with van der Waals surface area (Å²) in [4.78, 5) is 20.8. The van der Waals surface area contributed by atoms with Gasteiger partial charge in [0.25, 0.3) is 5.91 Å². The summed E-state index contributed by atoms with van der Waals surface area (Å²) in [5, 5.41) is 24.7. The number of ether oxygens (including phenoxy) is 1. The van der Waals surface area contributed by atoms with Gasteiger partial charge in [-0.25, -0.2) is 14.4 Å². The van der Waals surface area contributed by atoms with Gasteiger partial charge in [-0.2, -0.15) is 0 Å². The van der Waals surface area contributed by atoms with Crippen molar-refractivity contribution in [2.45, 2.75) is 30.8 Å². The Morgan fingerprint density at radius 2 is 2.15 bits per heavy atom. The molecule has 27 heavy (non-hydrogen) atoms. The number of anilines is 1. The van der Waals surface area contributed by atoms with E-state index in [-0.39, 0.29) is 5.91 Å². The number of carbonyl (C=O) groups excluding carboxylic acids is 1. The van der Waals surface area contributed by atoms with Crippen LogP contribution in [0.15, 0.2) is 41.7 Å². The number of nitrogens with zero attached hydrogens (tertiary/aromatic N) is 3. The normalized spacial score (nSPS) is 29.2. The van der Waals surface area contributed by atoms with Crippen molar-refractivity contribution in [1.29, 1.82) is 0 Å². The first-order valence-corrected chi connectivity index (χ1v) is 8.39. The Kier molecular flexibility index (Phi) is 4.60. The molecule has 1 amide bonds. The zero-order valence-electron chi connectivity index (χ0n) is 14.1. The molecular weight excluding hydrogens is 357 g/mol. The smallest absolute Gasteiger partial charge is 0.253 e. The zero-order chi connectivity index (χ0) is 19.0. The number of benzene rings is 1. The van der Waals surface area contributed by atoms with Gasteiger partial charge in [-0.05, 0) is 12.1 Å². The largest absolute Gasteiger partial charge is 0.394 e. The van der Waals surface area contributed by atoms with E-state index in [2.05, 4.69) is 20.6 Å². The number of halogens is 1. The van der Waals surface area contributed by atoms with Gasteiger partial charge in [-0.3, -0.25) is 9.36 Å². The van der Waals surface area contributed by atoms with E-state index in [1.165, 1.54) is 17.2 Å². The van der Waals surface area contributed by atoms with Crippen LogP contribution in [-0.2, 0) is 4.74 Å². The molecule has 10 heteroatoms. The monoisotopic (exact) mass is 375 g/mol. The molecule has 1 unspecified atom stereocenters. The lowest BCUT2D eigenvalue weighted by Gasteiger charge is -2.22. The van der Waals surface area contributed by atoms with Crippen LogP contribution in [0.2, 0.25) is 0 Å². The van der Waals surface area contributed by atoms with Crippen LogP contribution in [0.4, 0.5) is 10.2 Å². The maximum atomic E-state index is 14.4. The summed E-state index contributed by atoms with van der Waals surface area (Å²) in [7, 11) is 0. The summed E-state index contributed by atoms with van der Waals surface area (Å²) in [5.74, 6) is 0.0678. The van der Waals surface area contributed by atoms with E-state index in [9.17, 15) is 19.4 Å². The third-order valence-corrected chi connectivity index (χ3v) is 4.56. The summed E-state index contributed by atoms with van der Waals surface area (Å²) < 4.78 is 21.2. The van der Waals surface area contributed by atoms with E-state index in [0.29, 0.717) is 17.1 Å². The number of imidazole rings is 1. The predicted octanol–water partition coefficient (Wildman–Crippen LogP) is 0.354.